The molecule has 0 bridgehead atoms. The lowest BCUT2D eigenvalue weighted by molar-refractivity contribution is -0.120. The highest BCUT2D eigenvalue weighted by Gasteiger charge is 2.11. The average Bonchev–Trinajstić information content (AvgIpc) is 2.54. The highest BCUT2D eigenvalue weighted by atomic mass is 35.5. The zero-order valence-electron chi connectivity index (χ0n) is 13.0. The summed E-state index contributed by atoms with van der Waals surface area (Å²) in [5.41, 5.74) is 6.74. The molecule has 0 spiro atoms. The fourth-order valence-electron chi connectivity index (χ4n) is 2.12. The van der Waals surface area contributed by atoms with Crippen molar-refractivity contribution in [1.82, 2.24) is 5.32 Å². The van der Waals surface area contributed by atoms with Gasteiger partial charge in [0.05, 0.1) is 23.3 Å². The molecule has 24 heavy (non-hydrogen) atoms. The number of carbonyl (C=O) groups excluding carboxylic acids is 2. The van der Waals surface area contributed by atoms with E-state index < -0.39 is 5.91 Å². The number of nitrogens with one attached hydrogen (secondary N) is 2. The van der Waals surface area contributed by atoms with Gasteiger partial charge in [-0.3, -0.25) is 9.59 Å². The molecule has 0 saturated carbocycles. The Labute approximate surface area is 144 Å². The average molecular weight is 350 g/mol. The fraction of sp³-hybridized carbons (Fsp3) is 0.176. The van der Waals surface area contributed by atoms with Crippen molar-refractivity contribution in [2.75, 3.05) is 11.9 Å². The van der Waals surface area contributed by atoms with Crippen LogP contribution in [0.4, 0.5) is 10.1 Å². The van der Waals surface area contributed by atoms with Crippen molar-refractivity contribution in [2.24, 2.45) is 5.73 Å². The summed E-state index contributed by atoms with van der Waals surface area (Å²) in [5, 5.41) is 6.02. The van der Waals surface area contributed by atoms with Crippen LogP contribution in [0.1, 0.15) is 28.9 Å². The van der Waals surface area contributed by atoms with Crippen LogP contribution in [0.25, 0.3) is 0 Å². The van der Waals surface area contributed by atoms with Crippen LogP contribution < -0.4 is 16.4 Å². The lowest BCUT2D eigenvalue weighted by Crippen LogP contribution is -2.32. The molecule has 2 aromatic rings. The summed E-state index contributed by atoms with van der Waals surface area (Å²) in [6, 6.07) is 10.2. The summed E-state index contributed by atoms with van der Waals surface area (Å²) in [6.07, 6.45) is 0. The molecule has 2 aromatic carbocycles. The van der Waals surface area contributed by atoms with E-state index >= 15 is 0 Å². The molecule has 0 aliphatic rings. The Morgan fingerprint density at radius 1 is 1.21 bits per heavy atom. The Kier molecular flexibility index (Phi) is 5.76. The summed E-state index contributed by atoms with van der Waals surface area (Å²) >= 11 is 6.02. The summed E-state index contributed by atoms with van der Waals surface area (Å²) < 4.78 is 12.9. The first-order valence-electron chi connectivity index (χ1n) is 7.25. The highest BCUT2D eigenvalue weighted by Crippen LogP contribution is 2.22. The SMILES string of the molecule is CC(NC(=O)CNc1cc(C(N)=O)ccc1Cl)c1ccc(F)cc1. The Hall–Kier alpha value is -2.60. The van der Waals surface area contributed by atoms with Crippen LogP contribution in [0.3, 0.4) is 0 Å². The Morgan fingerprint density at radius 3 is 2.50 bits per heavy atom. The normalized spacial score (nSPS) is 11.6. The van der Waals surface area contributed by atoms with Gasteiger partial charge in [-0.05, 0) is 42.8 Å². The number of rotatable bonds is 6. The van der Waals surface area contributed by atoms with Gasteiger partial charge >= 0.3 is 0 Å². The van der Waals surface area contributed by atoms with Gasteiger partial charge in [0.2, 0.25) is 11.8 Å². The lowest BCUT2D eigenvalue weighted by Gasteiger charge is -2.15. The van der Waals surface area contributed by atoms with E-state index in [4.69, 9.17) is 17.3 Å². The zero-order chi connectivity index (χ0) is 17.7. The highest BCUT2D eigenvalue weighted by molar-refractivity contribution is 6.33. The molecule has 1 unspecified atom stereocenters. The van der Waals surface area contributed by atoms with Gasteiger partial charge in [-0.15, -0.1) is 0 Å². The van der Waals surface area contributed by atoms with E-state index in [1.54, 1.807) is 19.1 Å². The molecular weight excluding hydrogens is 333 g/mol. The molecule has 4 N–H and O–H groups in total. The van der Waals surface area contributed by atoms with Crippen molar-refractivity contribution in [2.45, 2.75) is 13.0 Å². The van der Waals surface area contributed by atoms with Gasteiger partial charge in [-0.25, -0.2) is 4.39 Å². The van der Waals surface area contributed by atoms with Crippen LogP contribution in [0.15, 0.2) is 42.5 Å². The third-order valence-corrected chi connectivity index (χ3v) is 3.77. The van der Waals surface area contributed by atoms with Crippen molar-refractivity contribution in [1.29, 1.82) is 0 Å². The molecule has 7 heteroatoms. The Bertz CT molecular complexity index is 750. The number of halogens is 2. The van der Waals surface area contributed by atoms with Gasteiger partial charge in [0.15, 0.2) is 0 Å². The molecule has 0 aromatic heterocycles. The Morgan fingerprint density at radius 2 is 1.88 bits per heavy atom. The maximum atomic E-state index is 12.9. The molecule has 0 aliphatic carbocycles. The largest absolute Gasteiger partial charge is 0.375 e. The van der Waals surface area contributed by atoms with Crippen molar-refractivity contribution in [3.63, 3.8) is 0 Å². The number of hydrogen-bond donors (Lipinski definition) is 3. The minimum Gasteiger partial charge on any atom is -0.375 e. The van der Waals surface area contributed by atoms with Crippen molar-refractivity contribution in [3.05, 3.63) is 64.4 Å². The zero-order valence-corrected chi connectivity index (χ0v) is 13.7. The van der Waals surface area contributed by atoms with Crippen LogP contribution >= 0.6 is 11.6 Å². The number of anilines is 1. The van der Waals surface area contributed by atoms with Crippen LogP contribution in [0.2, 0.25) is 5.02 Å². The van der Waals surface area contributed by atoms with Gasteiger partial charge in [-0.2, -0.15) is 0 Å². The molecule has 1 atom stereocenters. The summed E-state index contributed by atoms with van der Waals surface area (Å²) in [4.78, 5) is 23.2. The van der Waals surface area contributed by atoms with E-state index in [1.165, 1.54) is 30.3 Å². The molecule has 5 nitrogen and oxygen atoms in total. The van der Waals surface area contributed by atoms with E-state index in [0.29, 0.717) is 16.3 Å². The smallest absolute Gasteiger partial charge is 0.248 e. The molecule has 0 saturated heterocycles. The van der Waals surface area contributed by atoms with Gasteiger partial charge in [0, 0.05) is 5.56 Å². The van der Waals surface area contributed by atoms with Crippen LogP contribution in [-0.4, -0.2) is 18.4 Å². The van der Waals surface area contributed by atoms with E-state index in [0.717, 1.165) is 5.56 Å². The number of hydrogen-bond acceptors (Lipinski definition) is 3. The van der Waals surface area contributed by atoms with Gasteiger partial charge in [-0.1, -0.05) is 23.7 Å². The third kappa shape index (κ3) is 4.70. The third-order valence-electron chi connectivity index (χ3n) is 3.44. The van der Waals surface area contributed by atoms with E-state index in [1.807, 2.05) is 0 Å². The van der Waals surface area contributed by atoms with E-state index in [2.05, 4.69) is 10.6 Å². The number of nitrogens with two attached hydrogens (primary N) is 1. The minimum absolute atomic E-state index is 0.0343. The second-order valence-electron chi connectivity index (χ2n) is 5.25. The summed E-state index contributed by atoms with van der Waals surface area (Å²) in [5.74, 6) is -1.18. The standard InChI is InChI=1S/C17H17ClFN3O2/c1-10(11-2-5-13(19)6-3-11)22-16(23)9-21-15-8-12(17(20)24)4-7-14(15)18/h2-8,10,21H,9H2,1H3,(H2,20,24)(H,22,23). The quantitative estimate of drug-likeness (QED) is 0.749. The second kappa shape index (κ2) is 7.79. The molecule has 0 radical (unpaired) electrons. The van der Waals surface area contributed by atoms with Crippen molar-refractivity contribution >= 4 is 29.1 Å². The van der Waals surface area contributed by atoms with Gasteiger partial charge in [0.25, 0.3) is 0 Å². The first kappa shape index (κ1) is 17.7. The number of benzene rings is 2. The predicted molar refractivity (Wildman–Crippen MR) is 91.4 cm³/mol. The maximum Gasteiger partial charge on any atom is 0.248 e. The van der Waals surface area contributed by atoms with E-state index in [-0.39, 0.29) is 24.3 Å². The molecule has 0 heterocycles. The first-order valence-corrected chi connectivity index (χ1v) is 7.62. The second-order valence-corrected chi connectivity index (χ2v) is 5.66. The molecule has 2 rings (SSSR count). The van der Waals surface area contributed by atoms with Crippen molar-refractivity contribution in [3.8, 4) is 0 Å². The van der Waals surface area contributed by atoms with Gasteiger partial charge < -0.3 is 16.4 Å². The first-order chi connectivity index (χ1) is 11.4. The van der Waals surface area contributed by atoms with Crippen molar-refractivity contribution < 1.29 is 14.0 Å². The summed E-state index contributed by atoms with van der Waals surface area (Å²) in [7, 11) is 0. The summed E-state index contributed by atoms with van der Waals surface area (Å²) in [6.45, 7) is 1.76. The predicted octanol–water partition coefficient (Wildman–Crippen LogP) is 2.87. The lowest BCUT2D eigenvalue weighted by atomic mass is 10.1. The van der Waals surface area contributed by atoms with Crippen LogP contribution in [0.5, 0.6) is 0 Å². The molecule has 2 amide bonds. The maximum absolute atomic E-state index is 12.9. The number of carbonyl (C=O) groups is 2. The van der Waals surface area contributed by atoms with Crippen LogP contribution in [0, 0.1) is 5.82 Å². The molecule has 0 aliphatic heterocycles. The molecular formula is C17H17ClFN3O2. The van der Waals surface area contributed by atoms with Crippen LogP contribution in [-0.2, 0) is 4.79 Å². The number of amides is 2. The van der Waals surface area contributed by atoms with E-state index in [9.17, 15) is 14.0 Å². The number of primary amides is 1. The fourth-order valence-corrected chi connectivity index (χ4v) is 2.30. The molecule has 126 valence electrons. The van der Waals surface area contributed by atoms with Gasteiger partial charge in [0.1, 0.15) is 5.82 Å². The minimum atomic E-state index is -0.580. The molecule has 0 fully saturated rings. The Balaban J connectivity index is 1.94. The topological polar surface area (TPSA) is 84.2 Å². The monoisotopic (exact) mass is 349 g/mol.